The summed E-state index contributed by atoms with van der Waals surface area (Å²) in [7, 11) is 1.79. The Morgan fingerprint density at radius 1 is 1.03 bits per heavy atom. The summed E-state index contributed by atoms with van der Waals surface area (Å²) in [4.78, 5) is 9.29. The minimum atomic E-state index is 0.284. The van der Waals surface area contributed by atoms with E-state index in [0.717, 1.165) is 46.8 Å². The van der Waals surface area contributed by atoms with Crippen molar-refractivity contribution in [2.24, 2.45) is 11.6 Å². The molecule has 0 bridgehead atoms. The molecule has 1 aliphatic carbocycles. The molecule has 1 aliphatic rings. The number of aromatic nitrogens is 2. The Morgan fingerprint density at radius 3 is 2.48 bits per heavy atom. The van der Waals surface area contributed by atoms with E-state index in [1.165, 1.54) is 19.3 Å². The summed E-state index contributed by atoms with van der Waals surface area (Å²) in [6.45, 7) is 1.96. The van der Waals surface area contributed by atoms with Crippen LogP contribution in [0.5, 0.6) is 5.75 Å². The van der Waals surface area contributed by atoms with Crippen LogP contribution in [0.25, 0.3) is 16.8 Å². The van der Waals surface area contributed by atoms with Crippen molar-refractivity contribution in [1.29, 1.82) is 0 Å². The molecule has 172 valence electrons. The standard InChI is InChI=1S/C27H33N5O/c1-19-26(33-23-11-7-4-8-12-23)14-13-24(31-19)27(28)25(32(2)29)18-22-17-21(15-16-30-22)20-9-5-3-6-10-20/h3,5-6,9-10,13-17,23H,4,7-8,11-12,18,28-29H2,1-2H3/b27-25-. The van der Waals surface area contributed by atoms with Gasteiger partial charge in [-0.25, -0.2) is 10.8 Å². The first-order valence-electron chi connectivity index (χ1n) is 11.6. The zero-order valence-electron chi connectivity index (χ0n) is 19.5. The maximum atomic E-state index is 6.57. The predicted molar refractivity (Wildman–Crippen MR) is 133 cm³/mol. The van der Waals surface area contributed by atoms with Gasteiger partial charge in [-0.1, -0.05) is 36.8 Å². The van der Waals surface area contributed by atoms with E-state index in [-0.39, 0.29) is 6.10 Å². The second kappa shape index (κ2) is 10.5. The Hall–Kier alpha value is -3.38. The number of ether oxygens (including phenoxy) is 1. The lowest BCUT2D eigenvalue weighted by molar-refractivity contribution is 0.153. The lowest BCUT2D eigenvalue weighted by Crippen LogP contribution is -2.29. The first kappa shape index (κ1) is 22.8. The Balaban J connectivity index is 1.57. The number of benzene rings is 1. The van der Waals surface area contributed by atoms with Crippen molar-refractivity contribution < 1.29 is 4.74 Å². The van der Waals surface area contributed by atoms with Gasteiger partial charge in [0.2, 0.25) is 0 Å². The number of hydrazine groups is 1. The molecule has 6 nitrogen and oxygen atoms in total. The summed E-state index contributed by atoms with van der Waals surface area (Å²) in [5.41, 5.74) is 12.5. The zero-order chi connectivity index (χ0) is 23.2. The third-order valence-corrected chi connectivity index (χ3v) is 6.17. The average molecular weight is 444 g/mol. The summed E-state index contributed by atoms with van der Waals surface area (Å²) in [5.74, 6) is 7.01. The Bertz CT molecular complexity index is 1100. The second-order valence-corrected chi connectivity index (χ2v) is 8.71. The number of hydrogen-bond acceptors (Lipinski definition) is 6. The van der Waals surface area contributed by atoms with Crippen LogP contribution in [0.3, 0.4) is 0 Å². The molecule has 0 atom stereocenters. The summed E-state index contributed by atoms with van der Waals surface area (Å²) in [5, 5.41) is 1.55. The molecule has 1 saturated carbocycles. The molecule has 0 unspecified atom stereocenters. The van der Waals surface area contributed by atoms with Gasteiger partial charge in [0.1, 0.15) is 5.75 Å². The van der Waals surface area contributed by atoms with Gasteiger partial charge >= 0.3 is 0 Å². The molecule has 2 heterocycles. The number of likely N-dealkylation sites (N-methyl/N-ethyl adjacent to an activating group) is 1. The van der Waals surface area contributed by atoms with Gasteiger partial charge < -0.3 is 15.5 Å². The lowest BCUT2D eigenvalue weighted by Gasteiger charge is -2.24. The maximum absolute atomic E-state index is 6.57. The molecule has 0 amide bonds. The molecule has 6 heteroatoms. The van der Waals surface area contributed by atoms with Gasteiger partial charge in [0.15, 0.2) is 0 Å². The van der Waals surface area contributed by atoms with E-state index >= 15 is 0 Å². The van der Waals surface area contributed by atoms with Gasteiger partial charge in [0, 0.05) is 25.4 Å². The third-order valence-electron chi connectivity index (χ3n) is 6.17. The molecule has 33 heavy (non-hydrogen) atoms. The van der Waals surface area contributed by atoms with Crippen LogP contribution in [0.1, 0.15) is 49.2 Å². The highest BCUT2D eigenvalue weighted by Gasteiger charge is 2.18. The highest BCUT2D eigenvalue weighted by molar-refractivity contribution is 5.65. The largest absolute Gasteiger partial charge is 0.489 e. The minimum absolute atomic E-state index is 0.284. The Labute approximate surface area is 196 Å². The number of pyridine rings is 2. The first-order chi connectivity index (χ1) is 16.0. The molecule has 1 aromatic carbocycles. The van der Waals surface area contributed by atoms with Crippen molar-refractivity contribution in [3.8, 4) is 16.9 Å². The van der Waals surface area contributed by atoms with E-state index in [1.54, 1.807) is 12.1 Å². The molecule has 0 aliphatic heterocycles. The van der Waals surface area contributed by atoms with E-state index in [4.69, 9.17) is 21.3 Å². The van der Waals surface area contributed by atoms with Gasteiger partial charge in [-0.3, -0.25) is 4.98 Å². The van der Waals surface area contributed by atoms with E-state index in [0.29, 0.717) is 17.8 Å². The van der Waals surface area contributed by atoms with Crippen molar-refractivity contribution in [3.05, 3.63) is 83.6 Å². The smallest absolute Gasteiger partial charge is 0.140 e. The zero-order valence-corrected chi connectivity index (χ0v) is 19.5. The van der Waals surface area contributed by atoms with E-state index < -0.39 is 0 Å². The van der Waals surface area contributed by atoms with Crippen LogP contribution in [0.15, 0.2) is 66.5 Å². The second-order valence-electron chi connectivity index (χ2n) is 8.71. The average Bonchev–Trinajstić information content (AvgIpc) is 2.84. The van der Waals surface area contributed by atoms with Crippen LogP contribution < -0.4 is 16.3 Å². The fourth-order valence-electron chi connectivity index (χ4n) is 4.30. The Morgan fingerprint density at radius 2 is 1.79 bits per heavy atom. The molecule has 0 spiro atoms. The van der Waals surface area contributed by atoms with Crippen molar-refractivity contribution in [2.75, 3.05) is 7.05 Å². The number of hydrogen-bond donors (Lipinski definition) is 2. The number of rotatable bonds is 7. The Kier molecular flexibility index (Phi) is 7.25. The van der Waals surface area contributed by atoms with Gasteiger partial charge in [0.05, 0.1) is 28.9 Å². The van der Waals surface area contributed by atoms with Gasteiger partial charge in [-0.2, -0.15) is 0 Å². The molecule has 3 aromatic rings. The topological polar surface area (TPSA) is 90.3 Å². The highest BCUT2D eigenvalue weighted by Crippen LogP contribution is 2.27. The molecule has 0 radical (unpaired) electrons. The highest BCUT2D eigenvalue weighted by atomic mass is 16.5. The maximum Gasteiger partial charge on any atom is 0.140 e. The SMILES string of the molecule is Cc1nc(/C(N)=C(\Cc2cc(-c3ccccc3)ccn2)N(C)N)ccc1OC1CCCCC1. The van der Waals surface area contributed by atoms with Crippen molar-refractivity contribution in [3.63, 3.8) is 0 Å². The number of allylic oxidation sites excluding steroid dienone is 1. The molecule has 2 aromatic heterocycles. The van der Waals surface area contributed by atoms with Gasteiger partial charge in [-0.15, -0.1) is 0 Å². The third kappa shape index (κ3) is 5.71. The summed E-state index contributed by atoms with van der Waals surface area (Å²) in [6, 6.07) is 18.2. The molecule has 1 fully saturated rings. The van der Waals surface area contributed by atoms with E-state index in [2.05, 4.69) is 23.2 Å². The molecular formula is C27H33N5O. The molecule has 4 N–H and O–H groups in total. The molecular weight excluding hydrogens is 410 g/mol. The van der Waals surface area contributed by atoms with Crippen LogP contribution in [0.4, 0.5) is 0 Å². The monoisotopic (exact) mass is 443 g/mol. The van der Waals surface area contributed by atoms with E-state index in [9.17, 15) is 0 Å². The normalized spacial score (nSPS) is 15.1. The van der Waals surface area contributed by atoms with Gasteiger partial charge in [0.25, 0.3) is 0 Å². The van der Waals surface area contributed by atoms with Crippen LogP contribution >= 0.6 is 0 Å². The minimum Gasteiger partial charge on any atom is -0.489 e. The quantitative estimate of drug-likeness (QED) is 0.401. The number of aryl methyl sites for hydroxylation is 1. The molecule has 4 rings (SSSR count). The summed E-state index contributed by atoms with van der Waals surface area (Å²) in [6.07, 6.45) is 8.60. The number of nitrogens with two attached hydrogens (primary N) is 2. The van der Waals surface area contributed by atoms with Crippen LogP contribution in [-0.2, 0) is 6.42 Å². The fourth-order valence-corrected chi connectivity index (χ4v) is 4.30. The molecule has 0 saturated heterocycles. The lowest BCUT2D eigenvalue weighted by atomic mass is 9.98. The van der Waals surface area contributed by atoms with Crippen molar-refractivity contribution in [1.82, 2.24) is 15.0 Å². The summed E-state index contributed by atoms with van der Waals surface area (Å²) >= 11 is 0. The predicted octanol–water partition coefficient (Wildman–Crippen LogP) is 4.84. The van der Waals surface area contributed by atoms with Crippen LogP contribution in [0, 0.1) is 6.92 Å². The van der Waals surface area contributed by atoms with Crippen LogP contribution in [0.2, 0.25) is 0 Å². The van der Waals surface area contributed by atoms with Crippen LogP contribution in [-0.4, -0.2) is 28.1 Å². The summed E-state index contributed by atoms with van der Waals surface area (Å²) < 4.78 is 6.22. The van der Waals surface area contributed by atoms with Crippen molar-refractivity contribution >= 4 is 5.70 Å². The van der Waals surface area contributed by atoms with Gasteiger partial charge in [-0.05, 0) is 68.0 Å². The van der Waals surface area contributed by atoms with E-state index in [1.807, 2.05) is 49.5 Å². The van der Waals surface area contributed by atoms with Crippen molar-refractivity contribution in [2.45, 2.75) is 51.6 Å². The fraction of sp³-hybridized carbons (Fsp3) is 0.333. The number of nitrogens with zero attached hydrogens (tertiary/aromatic N) is 3. The first-order valence-corrected chi connectivity index (χ1v) is 11.6.